The average Bonchev–Trinajstić information content (AvgIpc) is 3.49. The molecule has 2 aromatic rings. The minimum absolute atomic E-state index is 0.0236. The number of ether oxygens (including phenoxy) is 1. The highest BCUT2D eigenvalue weighted by Gasteiger charge is 2.47. The molecule has 0 aliphatic heterocycles. The maximum Gasteiger partial charge on any atom is 0.407 e. The molecule has 7 nitrogen and oxygen atoms in total. The van der Waals surface area contributed by atoms with E-state index in [0.717, 1.165) is 30.4 Å². The highest BCUT2D eigenvalue weighted by Crippen LogP contribution is 2.44. The van der Waals surface area contributed by atoms with Crippen molar-refractivity contribution in [3.8, 4) is 11.1 Å². The first-order valence-electron chi connectivity index (χ1n) is 12.5. The van der Waals surface area contributed by atoms with Gasteiger partial charge in [-0.2, -0.15) is 0 Å². The molecule has 0 bridgehead atoms. The number of amides is 2. The summed E-state index contributed by atoms with van der Waals surface area (Å²) in [4.78, 5) is 37.0. The Morgan fingerprint density at radius 1 is 0.800 bits per heavy atom. The van der Waals surface area contributed by atoms with Crippen LogP contribution in [0.25, 0.3) is 11.1 Å². The second-order valence-electron chi connectivity index (χ2n) is 10.4. The Morgan fingerprint density at radius 3 is 1.94 bits per heavy atom. The van der Waals surface area contributed by atoms with Crippen LogP contribution in [0.5, 0.6) is 0 Å². The number of carbonyl (C=O) groups excluding carboxylic acids is 2. The highest BCUT2D eigenvalue weighted by molar-refractivity contribution is 5.81. The zero-order valence-electron chi connectivity index (χ0n) is 19.8. The van der Waals surface area contributed by atoms with Gasteiger partial charge in [0.2, 0.25) is 5.91 Å². The first-order chi connectivity index (χ1) is 16.9. The van der Waals surface area contributed by atoms with Crippen LogP contribution in [-0.4, -0.2) is 40.8 Å². The van der Waals surface area contributed by atoms with E-state index in [1.54, 1.807) is 0 Å². The van der Waals surface area contributed by atoms with Crippen molar-refractivity contribution < 1.29 is 24.2 Å². The molecule has 3 aliphatic rings. The summed E-state index contributed by atoms with van der Waals surface area (Å²) in [6, 6.07) is 16.4. The summed E-state index contributed by atoms with van der Waals surface area (Å²) in [5, 5.41) is 15.1. The minimum Gasteiger partial charge on any atom is -0.481 e. The fourth-order valence-corrected chi connectivity index (χ4v) is 5.86. The van der Waals surface area contributed by atoms with Crippen LogP contribution in [0.4, 0.5) is 4.79 Å². The molecule has 184 valence electrons. The molecule has 35 heavy (non-hydrogen) atoms. The lowest BCUT2D eigenvalue weighted by Gasteiger charge is -2.37. The Morgan fingerprint density at radius 2 is 1.37 bits per heavy atom. The predicted molar refractivity (Wildman–Crippen MR) is 131 cm³/mol. The van der Waals surface area contributed by atoms with Crippen LogP contribution < -0.4 is 10.6 Å². The third-order valence-corrected chi connectivity index (χ3v) is 7.77. The number of hydrogen-bond acceptors (Lipinski definition) is 4. The standard InChI is InChI=1S/C28H32N2O5/c31-24(29-28(14-15-28)17-25(32)33)16-27(12-6-1-7-13-27)30-26(34)35-18-23-21-10-4-2-8-19(21)20-9-3-5-11-22(20)23/h2-5,8-11,23H,1,6-7,12-18H2,(H,29,31)(H,30,34)(H,32,33). The van der Waals surface area contributed by atoms with Gasteiger partial charge in [-0.1, -0.05) is 67.8 Å². The van der Waals surface area contributed by atoms with E-state index in [-0.39, 0.29) is 31.3 Å². The number of carbonyl (C=O) groups is 3. The SMILES string of the molecule is O=C(O)CC1(NC(=O)CC2(NC(=O)OCC3c4ccccc4-c4ccccc43)CCCCC2)CC1. The summed E-state index contributed by atoms with van der Waals surface area (Å²) in [6.45, 7) is 0.226. The van der Waals surface area contributed by atoms with E-state index in [0.29, 0.717) is 25.7 Å². The Bertz CT molecular complexity index is 1090. The van der Waals surface area contributed by atoms with Crippen LogP contribution >= 0.6 is 0 Å². The first-order valence-corrected chi connectivity index (χ1v) is 12.5. The molecule has 7 heteroatoms. The summed E-state index contributed by atoms with van der Waals surface area (Å²) < 4.78 is 5.76. The van der Waals surface area contributed by atoms with E-state index in [1.807, 2.05) is 24.3 Å². The van der Waals surface area contributed by atoms with Crippen molar-refractivity contribution in [2.24, 2.45) is 0 Å². The number of aliphatic carboxylic acids is 1. The van der Waals surface area contributed by atoms with Gasteiger partial charge in [0.05, 0.1) is 17.5 Å². The first kappa shape index (κ1) is 23.4. The molecule has 3 aliphatic carbocycles. The van der Waals surface area contributed by atoms with Crippen LogP contribution in [0.15, 0.2) is 48.5 Å². The third-order valence-electron chi connectivity index (χ3n) is 7.77. The molecule has 0 atom stereocenters. The zero-order chi connectivity index (χ0) is 24.5. The summed E-state index contributed by atoms with van der Waals surface area (Å²) in [6.07, 6.45) is 5.26. The molecule has 0 radical (unpaired) electrons. The highest BCUT2D eigenvalue weighted by atomic mass is 16.5. The number of benzene rings is 2. The van der Waals surface area contributed by atoms with E-state index < -0.39 is 23.1 Å². The number of carboxylic acid groups (broad SMARTS) is 1. The lowest BCUT2D eigenvalue weighted by Crippen LogP contribution is -2.53. The van der Waals surface area contributed by atoms with E-state index in [9.17, 15) is 14.4 Å². The molecule has 3 N–H and O–H groups in total. The fraction of sp³-hybridized carbons (Fsp3) is 0.464. The molecule has 0 spiro atoms. The molecule has 2 amide bonds. The summed E-state index contributed by atoms with van der Waals surface area (Å²) in [7, 11) is 0. The molecule has 2 aromatic carbocycles. The van der Waals surface area contributed by atoms with Gasteiger partial charge in [-0.3, -0.25) is 9.59 Å². The third kappa shape index (κ3) is 5.04. The average molecular weight is 477 g/mol. The molecule has 2 saturated carbocycles. The number of alkyl carbamates (subject to hydrolysis) is 1. The minimum atomic E-state index is -0.910. The van der Waals surface area contributed by atoms with Gasteiger partial charge >= 0.3 is 12.1 Å². The fourth-order valence-electron chi connectivity index (χ4n) is 5.86. The van der Waals surface area contributed by atoms with Crippen molar-refractivity contribution >= 4 is 18.0 Å². The van der Waals surface area contributed by atoms with E-state index in [4.69, 9.17) is 9.84 Å². The van der Waals surface area contributed by atoms with Gasteiger partial charge in [0.15, 0.2) is 0 Å². The van der Waals surface area contributed by atoms with Crippen LogP contribution in [0.1, 0.15) is 74.8 Å². The van der Waals surface area contributed by atoms with Gasteiger partial charge < -0.3 is 20.5 Å². The molecule has 0 unspecified atom stereocenters. The van der Waals surface area contributed by atoms with E-state index >= 15 is 0 Å². The van der Waals surface area contributed by atoms with Gasteiger partial charge in [-0.25, -0.2) is 4.79 Å². The van der Waals surface area contributed by atoms with Crippen molar-refractivity contribution in [1.29, 1.82) is 0 Å². The second-order valence-corrected chi connectivity index (χ2v) is 10.4. The molecule has 5 rings (SSSR count). The van der Waals surface area contributed by atoms with Crippen molar-refractivity contribution in [3.63, 3.8) is 0 Å². The number of hydrogen-bond donors (Lipinski definition) is 3. The second kappa shape index (κ2) is 9.36. The molecular weight excluding hydrogens is 444 g/mol. The lowest BCUT2D eigenvalue weighted by molar-refractivity contribution is -0.138. The molecule has 0 heterocycles. The number of rotatable bonds is 8. The maximum absolute atomic E-state index is 13.0. The van der Waals surface area contributed by atoms with Crippen molar-refractivity contribution in [2.75, 3.05) is 6.61 Å². The van der Waals surface area contributed by atoms with Crippen molar-refractivity contribution in [1.82, 2.24) is 10.6 Å². The van der Waals surface area contributed by atoms with Gasteiger partial charge in [0.25, 0.3) is 0 Å². The van der Waals surface area contributed by atoms with E-state index in [2.05, 4.69) is 34.9 Å². The van der Waals surface area contributed by atoms with Crippen LogP contribution in [-0.2, 0) is 14.3 Å². The Balaban J connectivity index is 1.23. The summed E-state index contributed by atoms with van der Waals surface area (Å²) in [5.74, 6) is -1.14. The quantitative estimate of drug-likeness (QED) is 0.510. The Hall–Kier alpha value is -3.35. The van der Waals surface area contributed by atoms with Gasteiger partial charge in [0, 0.05) is 12.3 Å². The Kier molecular flexibility index (Phi) is 6.26. The zero-order valence-corrected chi connectivity index (χ0v) is 19.8. The Labute approximate surface area is 205 Å². The smallest absolute Gasteiger partial charge is 0.407 e. The van der Waals surface area contributed by atoms with Crippen molar-refractivity contribution in [3.05, 3.63) is 59.7 Å². The molecule has 0 aromatic heterocycles. The number of nitrogens with one attached hydrogen (secondary N) is 2. The summed E-state index contributed by atoms with van der Waals surface area (Å²) >= 11 is 0. The largest absolute Gasteiger partial charge is 0.481 e. The topological polar surface area (TPSA) is 105 Å². The lowest BCUT2D eigenvalue weighted by atomic mass is 9.79. The monoisotopic (exact) mass is 476 g/mol. The normalized spacial score (nSPS) is 19.2. The van der Waals surface area contributed by atoms with Crippen LogP contribution in [0.2, 0.25) is 0 Å². The number of fused-ring (bicyclic) bond motifs is 3. The molecular formula is C28H32N2O5. The maximum atomic E-state index is 13.0. The van der Waals surface area contributed by atoms with Crippen LogP contribution in [0.3, 0.4) is 0 Å². The van der Waals surface area contributed by atoms with Gasteiger partial charge in [0.1, 0.15) is 6.61 Å². The van der Waals surface area contributed by atoms with Gasteiger partial charge in [-0.15, -0.1) is 0 Å². The van der Waals surface area contributed by atoms with Gasteiger partial charge in [-0.05, 0) is 47.9 Å². The van der Waals surface area contributed by atoms with Crippen molar-refractivity contribution in [2.45, 2.75) is 74.8 Å². The summed E-state index contributed by atoms with van der Waals surface area (Å²) in [5.41, 5.74) is 3.37. The van der Waals surface area contributed by atoms with Crippen LogP contribution in [0, 0.1) is 0 Å². The molecule has 0 saturated heterocycles. The number of carboxylic acids is 1. The van der Waals surface area contributed by atoms with E-state index in [1.165, 1.54) is 11.1 Å². The predicted octanol–water partition coefficient (Wildman–Crippen LogP) is 4.74. The molecule has 2 fully saturated rings.